The molecule has 9 heteroatoms. The van der Waals surface area contributed by atoms with E-state index >= 15 is 0 Å². The smallest absolute Gasteiger partial charge is 0.427 e. The Morgan fingerprint density at radius 3 is 2.18 bits per heavy atom. The first-order valence-electron chi connectivity index (χ1n) is 11.3. The maximum Gasteiger partial charge on any atom is 0.427 e. The number of benzene rings is 1. The summed E-state index contributed by atoms with van der Waals surface area (Å²) in [7, 11) is 1.78. The maximum atomic E-state index is 13.6. The minimum atomic E-state index is -0.736. The fourth-order valence-corrected chi connectivity index (χ4v) is 3.65. The number of nitrogens with one attached hydrogen (secondary N) is 1. The van der Waals surface area contributed by atoms with Gasteiger partial charge in [0, 0.05) is 19.3 Å². The highest BCUT2D eigenvalue weighted by Crippen LogP contribution is 2.26. The lowest BCUT2D eigenvalue weighted by Crippen LogP contribution is -2.48. The number of para-hydroxylation sites is 1. The van der Waals surface area contributed by atoms with Crippen molar-refractivity contribution in [2.45, 2.75) is 65.7 Å². The number of anilines is 1. The highest BCUT2D eigenvalue weighted by molar-refractivity contribution is 6.06. The van der Waals surface area contributed by atoms with E-state index in [0.717, 1.165) is 11.3 Å². The van der Waals surface area contributed by atoms with Gasteiger partial charge < -0.3 is 18.9 Å². The molecule has 1 aliphatic rings. The van der Waals surface area contributed by atoms with E-state index in [1.165, 1.54) is 5.01 Å². The lowest BCUT2D eigenvalue weighted by Gasteiger charge is -2.30. The molecule has 1 aromatic heterocycles. The molecule has 0 saturated heterocycles. The third-order valence-electron chi connectivity index (χ3n) is 5.13. The number of hydrogen-bond acceptors (Lipinski definition) is 5. The van der Waals surface area contributed by atoms with Gasteiger partial charge in [-0.3, -0.25) is 4.79 Å². The number of ether oxygens (including phenoxy) is 2. The van der Waals surface area contributed by atoms with E-state index in [2.05, 4.69) is 5.43 Å². The molecule has 0 atom stereocenters. The molecule has 0 radical (unpaired) electrons. The van der Waals surface area contributed by atoms with Gasteiger partial charge in [-0.2, -0.15) is 0 Å². The Hall–Kier alpha value is -3.49. The van der Waals surface area contributed by atoms with E-state index < -0.39 is 23.2 Å². The molecule has 0 unspecified atom stereocenters. The molecule has 1 aromatic carbocycles. The second kappa shape index (κ2) is 9.40. The van der Waals surface area contributed by atoms with Crippen molar-refractivity contribution in [1.29, 1.82) is 0 Å². The van der Waals surface area contributed by atoms with E-state index in [4.69, 9.17) is 9.47 Å². The predicted octanol–water partition coefficient (Wildman–Crippen LogP) is 4.40. The van der Waals surface area contributed by atoms with Crippen molar-refractivity contribution in [3.63, 3.8) is 0 Å². The zero-order valence-electron chi connectivity index (χ0n) is 21.0. The number of amides is 3. The van der Waals surface area contributed by atoms with Crippen molar-refractivity contribution in [3.8, 4) is 0 Å². The quantitative estimate of drug-likeness (QED) is 0.657. The standard InChI is InChI=1S/C25H34N4O5/c1-24(2,3)33-22(31)26-29(18-11-9-8-10-12-18)21(30)19-15-17-13-14-28(16-20(17)27(19)7)23(32)34-25(4,5)6/h8-12,15H,13-14,16H2,1-7H3,(H,26,31). The molecule has 1 aliphatic heterocycles. The van der Waals surface area contributed by atoms with Crippen molar-refractivity contribution in [2.24, 2.45) is 7.05 Å². The number of hydrogen-bond donors (Lipinski definition) is 1. The molecular formula is C25H34N4O5. The van der Waals surface area contributed by atoms with Crippen LogP contribution in [0.3, 0.4) is 0 Å². The Morgan fingerprint density at radius 1 is 0.971 bits per heavy atom. The maximum absolute atomic E-state index is 13.6. The Kier molecular flexibility index (Phi) is 6.95. The summed E-state index contributed by atoms with van der Waals surface area (Å²) in [5.41, 5.74) is 3.98. The van der Waals surface area contributed by atoms with Gasteiger partial charge in [0.1, 0.15) is 16.9 Å². The van der Waals surface area contributed by atoms with Crippen molar-refractivity contribution >= 4 is 23.8 Å². The molecule has 184 valence electrons. The van der Waals surface area contributed by atoms with E-state index in [-0.39, 0.29) is 6.09 Å². The van der Waals surface area contributed by atoms with Gasteiger partial charge in [-0.15, -0.1) is 0 Å². The van der Waals surface area contributed by atoms with Crippen LogP contribution in [0.15, 0.2) is 36.4 Å². The molecule has 2 heterocycles. The number of aromatic nitrogens is 1. The minimum absolute atomic E-state index is 0.332. The van der Waals surface area contributed by atoms with Crippen molar-refractivity contribution in [3.05, 3.63) is 53.3 Å². The number of nitrogens with zero attached hydrogens (tertiary/aromatic N) is 3. The van der Waals surface area contributed by atoms with Crippen LogP contribution in [0, 0.1) is 0 Å². The third-order valence-corrected chi connectivity index (χ3v) is 5.13. The molecule has 0 aliphatic carbocycles. The molecule has 3 amide bonds. The molecule has 0 spiro atoms. The average Bonchev–Trinajstić information content (AvgIpc) is 3.05. The van der Waals surface area contributed by atoms with Crippen LogP contribution < -0.4 is 10.4 Å². The van der Waals surface area contributed by atoms with Crippen LogP contribution in [0.25, 0.3) is 0 Å². The third kappa shape index (κ3) is 6.09. The highest BCUT2D eigenvalue weighted by Gasteiger charge is 2.31. The molecule has 0 saturated carbocycles. The fraction of sp³-hybridized carbons (Fsp3) is 0.480. The second-order valence-electron chi connectivity index (χ2n) is 10.3. The first-order valence-corrected chi connectivity index (χ1v) is 11.3. The van der Waals surface area contributed by atoms with Gasteiger partial charge in [0.15, 0.2) is 0 Å². The van der Waals surface area contributed by atoms with Gasteiger partial charge in [0.25, 0.3) is 5.91 Å². The molecule has 0 bridgehead atoms. The monoisotopic (exact) mass is 470 g/mol. The summed E-state index contributed by atoms with van der Waals surface area (Å²) < 4.78 is 12.6. The minimum Gasteiger partial charge on any atom is -0.444 e. The van der Waals surface area contributed by atoms with Crippen LogP contribution >= 0.6 is 0 Å². The van der Waals surface area contributed by atoms with Gasteiger partial charge >= 0.3 is 12.2 Å². The predicted molar refractivity (Wildman–Crippen MR) is 128 cm³/mol. The normalized spacial score (nSPS) is 13.7. The Morgan fingerprint density at radius 2 is 1.59 bits per heavy atom. The summed E-state index contributed by atoms with van der Waals surface area (Å²) >= 11 is 0. The molecule has 2 aromatic rings. The molecule has 1 N–H and O–H groups in total. The van der Waals surface area contributed by atoms with Gasteiger partial charge in [-0.25, -0.2) is 20.0 Å². The van der Waals surface area contributed by atoms with Crippen molar-refractivity contribution in [1.82, 2.24) is 14.9 Å². The zero-order valence-corrected chi connectivity index (χ0v) is 21.0. The SMILES string of the molecule is Cn1c(C(=O)N(NC(=O)OC(C)(C)C)c2ccccc2)cc2c1CN(C(=O)OC(C)(C)C)CC2. The number of carbonyl (C=O) groups excluding carboxylic acids is 3. The van der Waals surface area contributed by atoms with E-state index in [1.54, 1.807) is 61.6 Å². The molecule has 3 rings (SSSR count). The summed E-state index contributed by atoms with van der Waals surface area (Å²) in [5.74, 6) is -0.419. The number of carbonyl (C=O) groups is 3. The van der Waals surface area contributed by atoms with Gasteiger partial charge in [0.05, 0.1) is 12.2 Å². The average molecular weight is 471 g/mol. The molecule has 0 fully saturated rings. The van der Waals surface area contributed by atoms with Crippen LogP contribution in [0.2, 0.25) is 0 Å². The van der Waals surface area contributed by atoms with E-state index in [1.807, 2.05) is 32.9 Å². The van der Waals surface area contributed by atoms with E-state index in [0.29, 0.717) is 30.9 Å². The van der Waals surface area contributed by atoms with Crippen LogP contribution in [0.1, 0.15) is 63.3 Å². The number of fused-ring (bicyclic) bond motifs is 1. The Bertz CT molecular complexity index is 1060. The Balaban J connectivity index is 1.87. The number of hydrazine groups is 1. The van der Waals surface area contributed by atoms with Crippen LogP contribution in [0.4, 0.5) is 15.3 Å². The summed E-state index contributed by atoms with van der Waals surface area (Å²) in [6, 6.07) is 10.6. The highest BCUT2D eigenvalue weighted by atomic mass is 16.6. The largest absolute Gasteiger partial charge is 0.444 e. The van der Waals surface area contributed by atoms with E-state index in [9.17, 15) is 14.4 Å². The van der Waals surface area contributed by atoms with Gasteiger partial charge in [-0.05, 0) is 71.7 Å². The lowest BCUT2D eigenvalue weighted by atomic mass is 10.1. The number of rotatable bonds is 2. The van der Waals surface area contributed by atoms with Crippen molar-refractivity contribution in [2.75, 3.05) is 11.6 Å². The topological polar surface area (TPSA) is 93.1 Å². The molecular weight excluding hydrogens is 436 g/mol. The van der Waals surface area contributed by atoms with Crippen molar-refractivity contribution < 1.29 is 23.9 Å². The van der Waals surface area contributed by atoms with Gasteiger partial charge in [-0.1, -0.05) is 18.2 Å². The van der Waals surface area contributed by atoms with Crippen LogP contribution in [0.5, 0.6) is 0 Å². The second-order valence-corrected chi connectivity index (χ2v) is 10.3. The Labute approximate surface area is 200 Å². The van der Waals surface area contributed by atoms with Crippen LogP contribution in [-0.2, 0) is 29.5 Å². The molecule has 9 nitrogen and oxygen atoms in total. The lowest BCUT2D eigenvalue weighted by molar-refractivity contribution is 0.0219. The zero-order chi connectivity index (χ0) is 25.3. The molecule has 34 heavy (non-hydrogen) atoms. The summed E-state index contributed by atoms with van der Waals surface area (Å²) in [6.07, 6.45) is -0.523. The van der Waals surface area contributed by atoms with Crippen LogP contribution in [-0.4, -0.2) is 45.3 Å². The summed E-state index contributed by atoms with van der Waals surface area (Å²) in [6.45, 7) is 11.6. The van der Waals surface area contributed by atoms with Gasteiger partial charge in [0.2, 0.25) is 0 Å². The first-order chi connectivity index (χ1) is 15.7. The fourth-order valence-electron chi connectivity index (χ4n) is 3.65. The summed E-state index contributed by atoms with van der Waals surface area (Å²) in [4.78, 5) is 40.3. The first kappa shape index (κ1) is 25.1. The summed E-state index contributed by atoms with van der Waals surface area (Å²) in [5, 5.41) is 1.18.